The minimum atomic E-state index is -4.14. The molecule has 0 radical (unpaired) electrons. The van der Waals surface area contributed by atoms with E-state index in [4.69, 9.17) is 21.8 Å². The van der Waals surface area contributed by atoms with Crippen LogP contribution in [0.3, 0.4) is 0 Å². The normalized spacial score (nSPS) is 13.2. The highest BCUT2D eigenvalue weighted by atomic mass is 79.9. The van der Waals surface area contributed by atoms with Gasteiger partial charge in [-0.3, -0.25) is 9.59 Å². The van der Waals surface area contributed by atoms with Crippen LogP contribution in [0.25, 0.3) is 0 Å². The van der Waals surface area contributed by atoms with Crippen molar-refractivity contribution < 1.29 is 28.2 Å². The van der Waals surface area contributed by atoms with Gasteiger partial charge in [0.25, 0.3) is 10.0 Å². The fourth-order valence-corrected chi connectivity index (χ4v) is 4.66. The molecular formula is C8H7BrClNO6S2. The maximum atomic E-state index is 11.9. The number of carboxylic acids is 2. The quantitative estimate of drug-likeness (QED) is 0.672. The smallest absolute Gasteiger partial charge is 0.322 e. The minimum absolute atomic E-state index is 0.162. The second-order valence-electron chi connectivity index (χ2n) is 3.30. The number of rotatable bonds is 6. The fourth-order valence-electron chi connectivity index (χ4n) is 1.06. The number of aliphatic carboxylic acids is 2. The summed E-state index contributed by atoms with van der Waals surface area (Å²) in [4.78, 5) is 21.3. The second-order valence-corrected chi connectivity index (χ2v) is 8.02. The molecule has 1 aromatic rings. The first kappa shape index (κ1) is 16.4. The fraction of sp³-hybridized carbons (Fsp3) is 0.250. The van der Waals surface area contributed by atoms with Crippen molar-refractivity contribution in [1.82, 2.24) is 4.72 Å². The molecule has 1 atom stereocenters. The Morgan fingerprint density at radius 2 is 2.05 bits per heavy atom. The first-order valence-corrected chi connectivity index (χ1v) is 8.02. The zero-order valence-corrected chi connectivity index (χ0v) is 12.9. The van der Waals surface area contributed by atoms with Crippen molar-refractivity contribution in [2.45, 2.75) is 16.7 Å². The zero-order valence-electron chi connectivity index (χ0n) is 8.96. The molecule has 0 saturated heterocycles. The van der Waals surface area contributed by atoms with E-state index < -0.39 is 34.4 Å². The molecule has 7 nitrogen and oxygen atoms in total. The number of sulfonamides is 1. The van der Waals surface area contributed by atoms with Gasteiger partial charge in [0.1, 0.15) is 10.3 Å². The van der Waals surface area contributed by atoms with Crippen molar-refractivity contribution in [3.8, 4) is 0 Å². The van der Waals surface area contributed by atoms with Crippen LogP contribution in [-0.4, -0.2) is 36.6 Å². The van der Waals surface area contributed by atoms with Crippen LogP contribution in [-0.2, 0) is 19.6 Å². The summed E-state index contributed by atoms with van der Waals surface area (Å²) in [5.74, 6) is -3.01. The third-order valence-electron chi connectivity index (χ3n) is 1.86. The van der Waals surface area contributed by atoms with E-state index in [1.54, 1.807) is 4.72 Å². The SMILES string of the molecule is O=C(O)C[C@@H](NS(=O)(=O)c1cc(Cl)c(Br)s1)C(=O)O. The Hall–Kier alpha value is -0.680. The van der Waals surface area contributed by atoms with Gasteiger partial charge in [-0.05, 0) is 22.0 Å². The summed E-state index contributed by atoms with van der Waals surface area (Å²) in [6.07, 6.45) is -0.866. The summed E-state index contributed by atoms with van der Waals surface area (Å²) in [5, 5.41) is 17.5. The predicted molar refractivity (Wildman–Crippen MR) is 71.0 cm³/mol. The summed E-state index contributed by atoms with van der Waals surface area (Å²) in [5.41, 5.74) is 0. The Bertz CT molecular complexity index is 593. The summed E-state index contributed by atoms with van der Waals surface area (Å²) in [7, 11) is -4.14. The van der Waals surface area contributed by atoms with Crippen LogP contribution in [0.4, 0.5) is 0 Å². The Morgan fingerprint density at radius 1 is 1.47 bits per heavy atom. The molecule has 0 spiro atoms. The number of nitrogens with one attached hydrogen (secondary N) is 1. The van der Waals surface area contributed by atoms with E-state index in [0.29, 0.717) is 3.79 Å². The molecule has 0 fully saturated rings. The van der Waals surface area contributed by atoms with Crippen molar-refractivity contribution in [2.75, 3.05) is 0 Å². The monoisotopic (exact) mass is 391 g/mol. The zero-order chi connectivity index (χ0) is 14.8. The van der Waals surface area contributed by atoms with Crippen LogP contribution in [0, 0.1) is 0 Å². The summed E-state index contributed by atoms with van der Waals surface area (Å²) in [6, 6.07) is -0.611. The van der Waals surface area contributed by atoms with E-state index in [1.165, 1.54) is 0 Å². The van der Waals surface area contributed by atoms with E-state index in [2.05, 4.69) is 15.9 Å². The number of carboxylic acid groups (broad SMARTS) is 2. The standard InChI is InChI=1S/C8H7BrClNO6S2/c9-7-3(10)1-6(18-7)19(16,17)11-4(8(14)15)2-5(12)13/h1,4,11H,2H2,(H,12,13)(H,14,15)/t4-/m1/s1. The van der Waals surface area contributed by atoms with Crippen LogP contribution >= 0.6 is 38.9 Å². The average Bonchev–Trinajstić information content (AvgIpc) is 2.58. The topological polar surface area (TPSA) is 121 Å². The number of thiophene rings is 1. The molecular weight excluding hydrogens is 386 g/mol. The number of hydrogen-bond donors (Lipinski definition) is 3. The van der Waals surface area contributed by atoms with Crippen LogP contribution in [0.2, 0.25) is 5.02 Å². The second kappa shape index (κ2) is 6.18. The maximum Gasteiger partial charge on any atom is 0.322 e. The third kappa shape index (κ3) is 4.42. The van der Waals surface area contributed by atoms with Crippen molar-refractivity contribution in [1.29, 1.82) is 0 Å². The summed E-state index contributed by atoms with van der Waals surface area (Å²) in [6.45, 7) is 0. The van der Waals surface area contributed by atoms with E-state index in [0.717, 1.165) is 17.4 Å². The lowest BCUT2D eigenvalue weighted by atomic mass is 10.2. The molecule has 0 aliphatic rings. The Kier molecular flexibility index (Phi) is 5.33. The molecule has 0 saturated carbocycles. The lowest BCUT2D eigenvalue weighted by Crippen LogP contribution is -2.41. The van der Waals surface area contributed by atoms with E-state index in [9.17, 15) is 18.0 Å². The first-order valence-electron chi connectivity index (χ1n) is 4.55. The van der Waals surface area contributed by atoms with Crippen molar-refractivity contribution >= 4 is 60.8 Å². The Labute approximate surface area is 125 Å². The maximum absolute atomic E-state index is 11.9. The Balaban J connectivity index is 3.00. The Morgan fingerprint density at radius 3 is 2.42 bits per heavy atom. The van der Waals surface area contributed by atoms with Crippen LogP contribution in [0.15, 0.2) is 14.1 Å². The predicted octanol–water partition coefficient (Wildman–Crippen LogP) is 1.37. The van der Waals surface area contributed by atoms with Gasteiger partial charge in [-0.15, -0.1) is 11.3 Å². The van der Waals surface area contributed by atoms with Crippen LogP contribution < -0.4 is 4.72 Å². The summed E-state index contributed by atoms with van der Waals surface area (Å²) < 4.78 is 25.7. The van der Waals surface area contributed by atoms with Gasteiger partial charge in [-0.2, -0.15) is 4.72 Å². The highest BCUT2D eigenvalue weighted by Gasteiger charge is 2.29. The van der Waals surface area contributed by atoms with E-state index in [-0.39, 0.29) is 9.23 Å². The molecule has 1 heterocycles. The molecule has 106 valence electrons. The molecule has 3 N–H and O–H groups in total. The summed E-state index contributed by atoms with van der Waals surface area (Å²) >= 11 is 9.50. The van der Waals surface area contributed by atoms with Crippen molar-refractivity contribution in [2.24, 2.45) is 0 Å². The van der Waals surface area contributed by atoms with E-state index >= 15 is 0 Å². The molecule has 0 bridgehead atoms. The van der Waals surface area contributed by atoms with Gasteiger partial charge in [0.05, 0.1) is 15.2 Å². The molecule has 0 amide bonds. The lowest BCUT2D eigenvalue weighted by Gasteiger charge is -2.11. The van der Waals surface area contributed by atoms with Gasteiger partial charge in [-0.1, -0.05) is 11.6 Å². The number of halogens is 2. The molecule has 0 aromatic carbocycles. The van der Waals surface area contributed by atoms with Crippen molar-refractivity contribution in [3.05, 3.63) is 14.9 Å². The van der Waals surface area contributed by atoms with Gasteiger partial charge in [-0.25, -0.2) is 8.42 Å². The molecule has 1 aromatic heterocycles. The molecule has 19 heavy (non-hydrogen) atoms. The highest BCUT2D eigenvalue weighted by molar-refractivity contribution is 9.11. The van der Waals surface area contributed by atoms with Gasteiger partial charge >= 0.3 is 11.9 Å². The molecule has 0 aliphatic carbocycles. The van der Waals surface area contributed by atoms with Gasteiger partial charge in [0.2, 0.25) is 0 Å². The van der Waals surface area contributed by atoms with E-state index in [1.807, 2.05) is 0 Å². The molecule has 0 unspecified atom stereocenters. The molecule has 1 rings (SSSR count). The number of hydrogen-bond acceptors (Lipinski definition) is 5. The minimum Gasteiger partial charge on any atom is -0.481 e. The average molecular weight is 393 g/mol. The van der Waals surface area contributed by atoms with Crippen LogP contribution in [0.1, 0.15) is 6.42 Å². The lowest BCUT2D eigenvalue weighted by molar-refractivity contribution is -0.145. The van der Waals surface area contributed by atoms with Gasteiger partial charge < -0.3 is 10.2 Å². The molecule has 11 heteroatoms. The first-order chi connectivity index (χ1) is 8.63. The van der Waals surface area contributed by atoms with Crippen LogP contribution in [0.5, 0.6) is 0 Å². The third-order valence-corrected chi connectivity index (χ3v) is 6.28. The van der Waals surface area contributed by atoms with Gasteiger partial charge in [0.15, 0.2) is 0 Å². The van der Waals surface area contributed by atoms with Gasteiger partial charge in [0, 0.05) is 0 Å². The highest BCUT2D eigenvalue weighted by Crippen LogP contribution is 2.34. The van der Waals surface area contributed by atoms with Crippen molar-refractivity contribution in [3.63, 3.8) is 0 Å². The largest absolute Gasteiger partial charge is 0.481 e. The number of carbonyl (C=O) groups is 2. The molecule has 0 aliphatic heterocycles.